The summed E-state index contributed by atoms with van der Waals surface area (Å²) in [6.07, 6.45) is 2.03. The predicted octanol–water partition coefficient (Wildman–Crippen LogP) is 2.09. The molecule has 0 heterocycles. The molecule has 0 radical (unpaired) electrons. The molecule has 9 heteroatoms. The third kappa shape index (κ3) is 10.0. The van der Waals surface area contributed by atoms with Crippen molar-refractivity contribution < 1.29 is 32.6 Å². The average Bonchev–Trinajstić information content (AvgIpc) is 2.56. The van der Waals surface area contributed by atoms with Gasteiger partial charge in [0.2, 0.25) is 0 Å². The number of ether oxygens (including phenoxy) is 2. The van der Waals surface area contributed by atoms with Gasteiger partial charge in [-0.05, 0) is 6.42 Å². The number of carbonyl (C=O) groups excluding carboxylic acids is 3. The van der Waals surface area contributed by atoms with Crippen LogP contribution in [-0.2, 0) is 23.6 Å². The molecular weight excluding hydrogens is 316 g/mol. The molecule has 0 aliphatic carbocycles. The molecule has 126 valence electrons. The van der Waals surface area contributed by atoms with Gasteiger partial charge in [-0.1, -0.05) is 19.6 Å². The maximum atomic E-state index is 11.8. The molecule has 0 aromatic carbocycles. The second-order valence-electron chi connectivity index (χ2n) is 3.83. The summed E-state index contributed by atoms with van der Waals surface area (Å²) in [6, 6.07) is 0. The minimum absolute atomic E-state index is 0.0343. The zero-order chi connectivity index (χ0) is 17.4. The van der Waals surface area contributed by atoms with Crippen molar-refractivity contribution in [1.82, 2.24) is 5.32 Å². The van der Waals surface area contributed by atoms with Gasteiger partial charge in [0.25, 0.3) is 9.12 Å². The van der Waals surface area contributed by atoms with Gasteiger partial charge < -0.3 is 24.1 Å². The average molecular weight is 337 g/mol. The molecule has 2 unspecified atom stereocenters. The number of hydrogen-bond donors (Lipinski definition) is 1. The second kappa shape index (κ2) is 14.2. The Morgan fingerprint density at radius 2 is 1.86 bits per heavy atom. The highest BCUT2D eigenvalue weighted by molar-refractivity contribution is 7.26. The number of carbonyl (C=O) groups is 3. The summed E-state index contributed by atoms with van der Waals surface area (Å²) in [5.41, 5.74) is -0.800. The molecule has 0 bridgehead atoms. The third-order valence-corrected chi connectivity index (χ3v) is 2.79. The molecule has 0 aromatic heterocycles. The Hall–Kier alpha value is -1.79. The van der Waals surface area contributed by atoms with Gasteiger partial charge in [-0.2, -0.15) is 4.20 Å². The van der Waals surface area contributed by atoms with Crippen molar-refractivity contribution in [2.24, 2.45) is 0 Å². The van der Waals surface area contributed by atoms with Gasteiger partial charge in [0.1, 0.15) is 20.0 Å². The van der Waals surface area contributed by atoms with E-state index in [4.69, 9.17) is 14.3 Å². The molecule has 1 N–H and O–H groups in total. The number of esters is 1. The standard InChI is InChI=1S/C12H19FNO5P.CH2O/c1-4-7-14-12(6-3,8-17-10(15)5-2)9-18-11(16)19-20-13;1-2/h4-5,14,20H,1-2,6-9H2,3H3;1H2. The van der Waals surface area contributed by atoms with E-state index in [1.807, 2.05) is 13.7 Å². The number of hydrogen-bond acceptors (Lipinski definition) is 7. The van der Waals surface area contributed by atoms with E-state index in [-0.39, 0.29) is 13.2 Å². The summed E-state index contributed by atoms with van der Waals surface area (Å²) in [6.45, 7) is 10.9. The summed E-state index contributed by atoms with van der Waals surface area (Å²) >= 11 is 0. The fourth-order valence-corrected chi connectivity index (χ4v) is 1.41. The van der Waals surface area contributed by atoms with Gasteiger partial charge in [-0.15, -0.1) is 6.58 Å². The lowest BCUT2D eigenvalue weighted by Gasteiger charge is -2.32. The Balaban J connectivity index is 0. The van der Waals surface area contributed by atoms with Gasteiger partial charge >= 0.3 is 12.1 Å². The van der Waals surface area contributed by atoms with E-state index in [0.717, 1.165) is 6.08 Å². The largest absolute Gasteiger partial charge is 0.513 e. The van der Waals surface area contributed by atoms with E-state index < -0.39 is 26.8 Å². The summed E-state index contributed by atoms with van der Waals surface area (Å²) in [5.74, 6) is -0.587. The molecule has 0 amide bonds. The Morgan fingerprint density at radius 1 is 1.27 bits per heavy atom. The van der Waals surface area contributed by atoms with Crippen LogP contribution in [-0.4, -0.2) is 44.2 Å². The van der Waals surface area contributed by atoms with Crippen molar-refractivity contribution in [2.45, 2.75) is 18.9 Å². The summed E-state index contributed by atoms with van der Waals surface area (Å²) in [4.78, 5) is 30.1. The molecule has 22 heavy (non-hydrogen) atoms. The molecule has 0 aliphatic rings. The second-order valence-corrected chi connectivity index (χ2v) is 4.19. The lowest BCUT2D eigenvalue weighted by molar-refractivity contribution is -0.140. The zero-order valence-electron chi connectivity index (χ0n) is 12.4. The zero-order valence-corrected chi connectivity index (χ0v) is 13.4. The molecule has 0 saturated carbocycles. The fraction of sp³-hybridized carbons (Fsp3) is 0.462. The van der Waals surface area contributed by atoms with Gasteiger partial charge in [0, 0.05) is 12.6 Å². The molecule has 0 spiro atoms. The van der Waals surface area contributed by atoms with Crippen molar-refractivity contribution in [3.63, 3.8) is 0 Å². The van der Waals surface area contributed by atoms with Gasteiger partial charge in [0.15, 0.2) is 0 Å². The van der Waals surface area contributed by atoms with Crippen LogP contribution in [0.2, 0.25) is 0 Å². The van der Waals surface area contributed by atoms with Crippen LogP contribution in [0.4, 0.5) is 8.99 Å². The van der Waals surface area contributed by atoms with Crippen LogP contribution in [0.25, 0.3) is 0 Å². The Bertz CT molecular complexity index is 368. The molecule has 0 aromatic rings. The number of rotatable bonds is 10. The van der Waals surface area contributed by atoms with Crippen LogP contribution < -0.4 is 5.32 Å². The van der Waals surface area contributed by atoms with Crippen molar-refractivity contribution in [3.05, 3.63) is 25.3 Å². The predicted molar refractivity (Wildman–Crippen MR) is 81.4 cm³/mol. The molecular formula is C13H21FNO6P. The van der Waals surface area contributed by atoms with Crippen molar-refractivity contribution in [3.8, 4) is 0 Å². The first-order valence-electron chi connectivity index (χ1n) is 6.16. The Kier molecular flexibility index (Phi) is 14.5. The number of halogens is 1. The van der Waals surface area contributed by atoms with E-state index in [1.54, 1.807) is 6.08 Å². The first-order chi connectivity index (χ1) is 10.5. The maximum Gasteiger partial charge on any atom is 0.513 e. The molecule has 0 aliphatic heterocycles. The van der Waals surface area contributed by atoms with Crippen molar-refractivity contribution >= 4 is 28.0 Å². The van der Waals surface area contributed by atoms with E-state index in [9.17, 15) is 13.8 Å². The van der Waals surface area contributed by atoms with Crippen LogP contribution >= 0.6 is 9.12 Å². The lowest BCUT2D eigenvalue weighted by Crippen LogP contribution is -2.53. The van der Waals surface area contributed by atoms with Crippen LogP contribution in [0.15, 0.2) is 25.3 Å². The van der Waals surface area contributed by atoms with Crippen molar-refractivity contribution in [2.75, 3.05) is 19.8 Å². The highest BCUT2D eigenvalue weighted by Crippen LogP contribution is 2.16. The van der Waals surface area contributed by atoms with Crippen LogP contribution in [0, 0.1) is 0 Å². The highest BCUT2D eigenvalue weighted by atomic mass is 31.1. The van der Waals surface area contributed by atoms with Crippen molar-refractivity contribution in [1.29, 1.82) is 0 Å². The Labute approximate surface area is 130 Å². The molecule has 2 atom stereocenters. The minimum atomic E-state index is -1.48. The molecule has 7 nitrogen and oxygen atoms in total. The normalized spacial score (nSPS) is 12.5. The summed E-state index contributed by atoms with van der Waals surface area (Å²) < 4.78 is 25.7. The molecule has 0 fully saturated rings. The SMILES string of the molecule is C=CCNC(CC)(COC(=O)C=C)COC(=O)OPF.C=O. The van der Waals surface area contributed by atoms with Gasteiger partial charge in [-0.3, -0.25) is 0 Å². The maximum absolute atomic E-state index is 11.8. The van der Waals surface area contributed by atoms with E-state index in [1.165, 1.54) is 0 Å². The third-order valence-electron chi connectivity index (χ3n) is 2.54. The fourth-order valence-electron chi connectivity index (χ4n) is 1.29. The van der Waals surface area contributed by atoms with Gasteiger partial charge in [0.05, 0.1) is 5.54 Å². The van der Waals surface area contributed by atoms with Crippen LogP contribution in [0.3, 0.4) is 0 Å². The van der Waals surface area contributed by atoms with E-state index >= 15 is 0 Å². The first kappa shape index (κ1) is 22.5. The topological polar surface area (TPSA) is 90.9 Å². The first-order valence-corrected chi connectivity index (χ1v) is 6.95. The van der Waals surface area contributed by atoms with Gasteiger partial charge in [-0.25, -0.2) is 9.59 Å². The molecule has 0 saturated heterocycles. The quantitative estimate of drug-likeness (QED) is 0.282. The van der Waals surface area contributed by atoms with E-state index in [0.29, 0.717) is 13.0 Å². The van der Waals surface area contributed by atoms with E-state index in [2.05, 4.69) is 23.0 Å². The summed E-state index contributed by atoms with van der Waals surface area (Å²) in [7, 11) is -1.48. The monoisotopic (exact) mass is 337 g/mol. The van der Waals surface area contributed by atoms with Crippen LogP contribution in [0.1, 0.15) is 13.3 Å². The molecule has 0 rings (SSSR count). The number of nitrogens with one attached hydrogen (secondary N) is 1. The minimum Gasteiger partial charge on any atom is -0.460 e. The smallest absolute Gasteiger partial charge is 0.460 e. The summed E-state index contributed by atoms with van der Waals surface area (Å²) in [5, 5.41) is 3.06. The lowest BCUT2D eigenvalue weighted by atomic mass is 9.98. The highest BCUT2D eigenvalue weighted by Gasteiger charge is 2.31. The Morgan fingerprint density at radius 3 is 2.32 bits per heavy atom. The van der Waals surface area contributed by atoms with Crippen LogP contribution in [0.5, 0.6) is 0 Å².